The summed E-state index contributed by atoms with van der Waals surface area (Å²) in [4.78, 5) is 23.5. The SMILES string of the molecule is CCC(=O)Nc1ccc(NC(=O)CNc2cccc(OCCC(C)C)c2)cc1. The minimum atomic E-state index is -0.156. The normalized spacial score (nSPS) is 10.4. The van der Waals surface area contributed by atoms with Crippen LogP contribution in [0.15, 0.2) is 48.5 Å². The number of carbonyl (C=O) groups is 2. The molecule has 2 rings (SSSR count). The van der Waals surface area contributed by atoms with Gasteiger partial charge in [0.15, 0.2) is 0 Å². The molecule has 3 N–H and O–H groups in total. The third-order valence-electron chi connectivity index (χ3n) is 4.02. The highest BCUT2D eigenvalue weighted by Gasteiger charge is 2.05. The van der Waals surface area contributed by atoms with Gasteiger partial charge in [-0.25, -0.2) is 0 Å². The highest BCUT2D eigenvalue weighted by atomic mass is 16.5. The molecule has 0 saturated heterocycles. The van der Waals surface area contributed by atoms with Crippen LogP contribution in [0.25, 0.3) is 0 Å². The minimum Gasteiger partial charge on any atom is -0.494 e. The van der Waals surface area contributed by atoms with Gasteiger partial charge in [0, 0.05) is 29.5 Å². The van der Waals surface area contributed by atoms with Gasteiger partial charge in [0.25, 0.3) is 0 Å². The van der Waals surface area contributed by atoms with Crippen molar-refractivity contribution < 1.29 is 14.3 Å². The van der Waals surface area contributed by atoms with Crippen molar-refractivity contribution in [1.29, 1.82) is 0 Å². The zero-order chi connectivity index (χ0) is 20.4. The van der Waals surface area contributed by atoms with E-state index >= 15 is 0 Å². The standard InChI is InChI=1S/C22H29N3O3/c1-4-21(26)24-17-8-10-18(11-9-17)25-22(27)15-23-19-6-5-7-20(14-19)28-13-12-16(2)3/h5-11,14,16,23H,4,12-13,15H2,1-3H3,(H,24,26)(H,25,27). The second kappa shape index (κ2) is 11.0. The van der Waals surface area contributed by atoms with Crippen molar-refractivity contribution in [3.05, 3.63) is 48.5 Å². The van der Waals surface area contributed by atoms with E-state index in [1.165, 1.54) is 0 Å². The molecule has 2 amide bonds. The summed E-state index contributed by atoms with van der Waals surface area (Å²) in [6.45, 7) is 6.94. The molecule has 2 aromatic carbocycles. The van der Waals surface area contributed by atoms with E-state index < -0.39 is 0 Å². The molecule has 0 aliphatic rings. The first-order chi connectivity index (χ1) is 13.5. The van der Waals surface area contributed by atoms with Gasteiger partial charge in [0.05, 0.1) is 13.2 Å². The Labute approximate surface area is 166 Å². The Balaban J connectivity index is 1.79. The number of rotatable bonds is 10. The van der Waals surface area contributed by atoms with Crippen LogP contribution >= 0.6 is 0 Å². The predicted octanol–water partition coefficient (Wildman–Crippen LogP) is 4.51. The molecule has 0 aliphatic carbocycles. The fourth-order valence-corrected chi connectivity index (χ4v) is 2.38. The third-order valence-corrected chi connectivity index (χ3v) is 4.02. The monoisotopic (exact) mass is 383 g/mol. The van der Waals surface area contributed by atoms with Crippen LogP contribution in [0.2, 0.25) is 0 Å². The summed E-state index contributed by atoms with van der Waals surface area (Å²) in [5.41, 5.74) is 2.21. The van der Waals surface area contributed by atoms with Crippen molar-refractivity contribution in [3.8, 4) is 5.75 Å². The first-order valence-electron chi connectivity index (χ1n) is 9.62. The Hall–Kier alpha value is -3.02. The second-order valence-corrected chi connectivity index (χ2v) is 6.94. The Bertz CT molecular complexity index is 773. The van der Waals surface area contributed by atoms with Crippen LogP contribution in [0, 0.1) is 5.92 Å². The van der Waals surface area contributed by atoms with Crippen LogP contribution in [0.5, 0.6) is 5.75 Å². The number of nitrogens with one attached hydrogen (secondary N) is 3. The lowest BCUT2D eigenvalue weighted by Gasteiger charge is -2.11. The Morgan fingerprint density at radius 3 is 2.18 bits per heavy atom. The second-order valence-electron chi connectivity index (χ2n) is 6.94. The van der Waals surface area contributed by atoms with Crippen LogP contribution in [0.3, 0.4) is 0 Å². The van der Waals surface area contributed by atoms with Gasteiger partial charge in [0.2, 0.25) is 11.8 Å². The summed E-state index contributed by atoms with van der Waals surface area (Å²) in [6, 6.07) is 14.6. The minimum absolute atomic E-state index is 0.0450. The molecule has 0 heterocycles. The lowest BCUT2D eigenvalue weighted by molar-refractivity contribution is -0.116. The number of amides is 2. The van der Waals surface area contributed by atoms with Crippen LogP contribution in [0.1, 0.15) is 33.6 Å². The zero-order valence-electron chi connectivity index (χ0n) is 16.7. The first kappa shape index (κ1) is 21.3. The largest absolute Gasteiger partial charge is 0.494 e. The summed E-state index contributed by atoms with van der Waals surface area (Å²) in [5, 5.41) is 8.69. The summed E-state index contributed by atoms with van der Waals surface area (Å²) in [7, 11) is 0. The van der Waals surface area contributed by atoms with Crippen LogP contribution in [0.4, 0.5) is 17.1 Å². The smallest absolute Gasteiger partial charge is 0.243 e. The predicted molar refractivity (Wildman–Crippen MR) is 114 cm³/mol. The molecule has 0 saturated carbocycles. The number of hydrogen-bond donors (Lipinski definition) is 3. The molecule has 0 unspecified atom stereocenters. The maximum atomic E-state index is 12.2. The summed E-state index contributed by atoms with van der Waals surface area (Å²) in [5.74, 6) is 1.19. The molecule has 6 nitrogen and oxygen atoms in total. The maximum absolute atomic E-state index is 12.2. The van der Waals surface area contributed by atoms with E-state index in [1.807, 2.05) is 24.3 Å². The third kappa shape index (κ3) is 7.70. The molecule has 0 aliphatic heterocycles. The first-order valence-corrected chi connectivity index (χ1v) is 9.62. The van der Waals surface area contributed by atoms with Crippen LogP contribution < -0.4 is 20.7 Å². The molecule has 0 aromatic heterocycles. The molecule has 0 radical (unpaired) electrons. The number of benzene rings is 2. The van der Waals surface area contributed by atoms with Crippen molar-refractivity contribution in [2.45, 2.75) is 33.6 Å². The number of ether oxygens (including phenoxy) is 1. The van der Waals surface area contributed by atoms with Crippen molar-refractivity contribution in [2.24, 2.45) is 5.92 Å². The van der Waals surface area contributed by atoms with Gasteiger partial charge in [0.1, 0.15) is 5.75 Å². The highest BCUT2D eigenvalue weighted by molar-refractivity contribution is 5.94. The van der Waals surface area contributed by atoms with Gasteiger partial charge in [-0.3, -0.25) is 9.59 Å². The van der Waals surface area contributed by atoms with Gasteiger partial charge in [-0.05, 0) is 48.7 Å². The maximum Gasteiger partial charge on any atom is 0.243 e. The average Bonchev–Trinajstić information content (AvgIpc) is 2.68. The van der Waals surface area contributed by atoms with E-state index in [-0.39, 0.29) is 18.4 Å². The molecule has 0 spiro atoms. The molecule has 28 heavy (non-hydrogen) atoms. The number of anilines is 3. The van der Waals surface area contributed by atoms with E-state index in [9.17, 15) is 9.59 Å². The Morgan fingerprint density at radius 1 is 0.929 bits per heavy atom. The molecular formula is C22H29N3O3. The van der Waals surface area contributed by atoms with E-state index in [2.05, 4.69) is 29.8 Å². The van der Waals surface area contributed by atoms with E-state index in [4.69, 9.17) is 4.74 Å². The fourth-order valence-electron chi connectivity index (χ4n) is 2.38. The molecular weight excluding hydrogens is 354 g/mol. The van der Waals surface area contributed by atoms with Crippen LogP contribution in [-0.4, -0.2) is 25.0 Å². The number of hydrogen-bond acceptors (Lipinski definition) is 4. The van der Waals surface area contributed by atoms with Gasteiger partial charge in [-0.2, -0.15) is 0 Å². The van der Waals surface area contributed by atoms with Crippen molar-refractivity contribution in [1.82, 2.24) is 0 Å². The van der Waals surface area contributed by atoms with Crippen molar-refractivity contribution in [2.75, 3.05) is 29.1 Å². The van der Waals surface area contributed by atoms with E-state index in [1.54, 1.807) is 31.2 Å². The zero-order valence-corrected chi connectivity index (χ0v) is 16.7. The fraction of sp³-hybridized carbons (Fsp3) is 0.364. The molecule has 6 heteroatoms. The topological polar surface area (TPSA) is 79.5 Å². The lowest BCUT2D eigenvalue weighted by atomic mass is 10.1. The van der Waals surface area contributed by atoms with Crippen molar-refractivity contribution >= 4 is 28.9 Å². The lowest BCUT2D eigenvalue weighted by Crippen LogP contribution is -2.21. The van der Waals surface area contributed by atoms with Gasteiger partial charge >= 0.3 is 0 Å². The average molecular weight is 383 g/mol. The highest BCUT2D eigenvalue weighted by Crippen LogP contribution is 2.18. The molecule has 0 fully saturated rings. The van der Waals surface area contributed by atoms with Gasteiger partial charge < -0.3 is 20.7 Å². The van der Waals surface area contributed by atoms with Crippen molar-refractivity contribution in [3.63, 3.8) is 0 Å². The van der Waals surface area contributed by atoms with E-state index in [0.29, 0.717) is 30.3 Å². The van der Waals surface area contributed by atoms with Gasteiger partial charge in [-0.15, -0.1) is 0 Å². The number of carbonyl (C=O) groups excluding carboxylic acids is 2. The van der Waals surface area contributed by atoms with Gasteiger partial charge in [-0.1, -0.05) is 26.8 Å². The van der Waals surface area contributed by atoms with E-state index in [0.717, 1.165) is 17.9 Å². The molecule has 0 atom stereocenters. The molecule has 2 aromatic rings. The molecule has 0 bridgehead atoms. The quantitative estimate of drug-likeness (QED) is 0.564. The summed E-state index contributed by atoms with van der Waals surface area (Å²) in [6.07, 6.45) is 1.43. The van der Waals surface area contributed by atoms with Crippen LogP contribution in [-0.2, 0) is 9.59 Å². The summed E-state index contributed by atoms with van der Waals surface area (Å²) >= 11 is 0. The summed E-state index contributed by atoms with van der Waals surface area (Å²) < 4.78 is 5.74. The molecule has 150 valence electrons. The Morgan fingerprint density at radius 2 is 1.57 bits per heavy atom. The Kier molecular flexibility index (Phi) is 8.34.